The third-order valence-electron chi connectivity index (χ3n) is 3.43. The van der Waals surface area contributed by atoms with Crippen LogP contribution >= 0.6 is 0 Å². The van der Waals surface area contributed by atoms with Crippen LogP contribution in [0, 0.1) is 0 Å². The van der Waals surface area contributed by atoms with E-state index in [9.17, 15) is 4.79 Å². The molecule has 0 aliphatic carbocycles. The summed E-state index contributed by atoms with van der Waals surface area (Å²) in [7, 11) is 1.66. The first-order valence-electron chi connectivity index (χ1n) is 7.10. The van der Waals surface area contributed by atoms with Crippen LogP contribution in [-0.4, -0.2) is 26.2 Å². The number of nitrogens with one attached hydrogen (secondary N) is 1. The molecule has 1 atom stereocenters. The first kappa shape index (κ1) is 15.3. The molecule has 4 heteroatoms. The molecule has 1 N–H and O–H groups in total. The van der Waals surface area contributed by atoms with E-state index in [2.05, 4.69) is 23.5 Å². The minimum atomic E-state index is -0.227. The fraction of sp³-hybridized carbons (Fsp3) is 0.353. The highest BCUT2D eigenvalue weighted by molar-refractivity contribution is 5.84. The second-order valence-corrected chi connectivity index (χ2v) is 4.88. The summed E-state index contributed by atoms with van der Waals surface area (Å²) in [4.78, 5) is 11.4. The van der Waals surface area contributed by atoms with Crippen LogP contribution < -0.4 is 10.1 Å². The second kappa shape index (κ2) is 7.09. The number of rotatable bonds is 6. The average Bonchev–Trinajstić information content (AvgIpc) is 2.51. The number of ether oxygens (including phenoxy) is 2. The maximum absolute atomic E-state index is 11.4. The van der Waals surface area contributed by atoms with Gasteiger partial charge in [0.15, 0.2) is 0 Å². The molecule has 0 aromatic heterocycles. The molecule has 0 heterocycles. The Morgan fingerprint density at radius 2 is 1.90 bits per heavy atom. The van der Waals surface area contributed by atoms with Crippen molar-refractivity contribution in [2.24, 2.45) is 0 Å². The van der Waals surface area contributed by atoms with Crippen molar-refractivity contribution in [3.63, 3.8) is 0 Å². The van der Waals surface area contributed by atoms with E-state index in [-0.39, 0.29) is 18.6 Å². The molecule has 0 saturated heterocycles. The van der Waals surface area contributed by atoms with E-state index in [4.69, 9.17) is 9.47 Å². The highest BCUT2D eigenvalue weighted by Crippen LogP contribution is 2.24. The fourth-order valence-corrected chi connectivity index (χ4v) is 2.20. The first-order valence-corrected chi connectivity index (χ1v) is 7.10. The standard InChI is InChI=1S/C17H21NO3/c1-4-21-17(19)11-18-12(2)13-5-6-15-10-16(20-3)8-7-14(15)9-13/h5-10,12,18H,4,11H2,1-3H3. The lowest BCUT2D eigenvalue weighted by Crippen LogP contribution is -2.27. The normalized spacial score (nSPS) is 12.1. The van der Waals surface area contributed by atoms with E-state index < -0.39 is 0 Å². The van der Waals surface area contributed by atoms with E-state index in [1.165, 1.54) is 0 Å². The Kier molecular flexibility index (Phi) is 5.17. The molecule has 21 heavy (non-hydrogen) atoms. The number of carbonyl (C=O) groups excluding carboxylic acids is 1. The molecule has 4 nitrogen and oxygen atoms in total. The monoisotopic (exact) mass is 287 g/mol. The van der Waals surface area contributed by atoms with Gasteiger partial charge in [0, 0.05) is 6.04 Å². The summed E-state index contributed by atoms with van der Waals surface area (Å²) in [5.74, 6) is 0.624. The van der Waals surface area contributed by atoms with Crippen molar-refractivity contribution in [1.29, 1.82) is 0 Å². The zero-order valence-electron chi connectivity index (χ0n) is 12.7. The maximum Gasteiger partial charge on any atom is 0.319 e. The van der Waals surface area contributed by atoms with Crippen LogP contribution in [0.5, 0.6) is 5.75 Å². The quantitative estimate of drug-likeness (QED) is 0.830. The summed E-state index contributed by atoms with van der Waals surface area (Å²) in [6.45, 7) is 4.46. The molecule has 0 bridgehead atoms. The van der Waals surface area contributed by atoms with Gasteiger partial charge in [0.1, 0.15) is 5.75 Å². The van der Waals surface area contributed by atoms with Gasteiger partial charge in [-0.05, 0) is 48.4 Å². The van der Waals surface area contributed by atoms with Crippen molar-refractivity contribution in [2.75, 3.05) is 20.3 Å². The molecule has 2 aromatic carbocycles. The molecule has 0 spiro atoms. The van der Waals surface area contributed by atoms with Crippen molar-refractivity contribution >= 4 is 16.7 Å². The molecule has 0 amide bonds. The molecule has 2 aromatic rings. The highest BCUT2D eigenvalue weighted by Gasteiger charge is 2.09. The van der Waals surface area contributed by atoms with Gasteiger partial charge >= 0.3 is 5.97 Å². The Bertz CT molecular complexity index is 624. The van der Waals surface area contributed by atoms with E-state index >= 15 is 0 Å². The Morgan fingerprint density at radius 3 is 2.62 bits per heavy atom. The van der Waals surface area contributed by atoms with Gasteiger partial charge in [-0.1, -0.05) is 18.2 Å². The number of hydrogen-bond acceptors (Lipinski definition) is 4. The summed E-state index contributed by atoms with van der Waals surface area (Å²) in [6.07, 6.45) is 0. The van der Waals surface area contributed by atoms with Gasteiger partial charge in [-0.2, -0.15) is 0 Å². The Morgan fingerprint density at radius 1 is 1.19 bits per heavy atom. The average molecular weight is 287 g/mol. The van der Waals surface area contributed by atoms with Crippen molar-refractivity contribution in [3.05, 3.63) is 42.0 Å². The van der Waals surface area contributed by atoms with Gasteiger partial charge in [-0.3, -0.25) is 4.79 Å². The molecule has 0 fully saturated rings. The predicted octanol–water partition coefficient (Wildman–Crippen LogP) is 3.06. The van der Waals surface area contributed by atoms with Crippen LogP contribution in [0.25, 0.3) is 10.8 Å². The summed E-state index contributed by atoms with van der Waals surface area (Å²) >= 11 is 0. The largest absolute Gasteiger partial charge is 0.497 e. The Balaban J connectivity index is 2.09. The van der Waals surface area contributed by atoms with Gasteiger partial charge in [0.05, 0.1) is 20.3 Å². The summed E-state index contributed by atoms with van der Waals surface area (Å²) < 4.78 is 10.1. The molecule has 0 aliphatic heterocycles. The molecule has 0 aliphatic rings. The van der Waals surface area contributed by atoms with Crippen molar-refractivity contribution in [1.82, 2.24) is 5.32 Å². The van der Waals surface area contributed by atoms with Crippen molar-refractivity contribution in [3.8, 4) is 5.75 Å². The number of fused-ring (bicyclic) bond motifs is 1. The van der Waals surface area contributed by atoms with Gasteiger partial charge in [0.2, 0.25) is 0 Å². The number of benzene rings is 2. The summed E-state index contributed by atoms with van der Waals surface area (Å²) in [6, 6.07) is 12.3. The highest BCUT2D eigenvalue weighted by atomic mass is 16.5. The zero-order valence-corrected chi connectivity index (χ0v) is 12.7. The van der Waals surface area contributed by atoms with E-state index in [1.54, 1.807) is 14.0 Å². The summed E-state index contributed by atoms with van der Waals surface area (Å²) in [5, 5.41) is 5.46. The smallest absolute Gasteiger partial charge is 0.319 e. The van der Waals surface area contributed by atoms with Gasteiger partial charge < -0.3 is 14.8 Å². The SMILES string of the molecule is CCOC(=O)CNC(C)c1ccc2cc(OC)ccc2c1. The van der Waals surface area contributed by atoms with Crippen LogP contribution in [-0.2, 0) is 9.53 Å². The molecule has 2 rings (SSSR count). The first-order chi connectivity index (χ1) is 10.1. The predicted molar refractivity (Wildman–Crippen MR) is 83.6 cm³/mol. The third-order valence-corrected chi connectivity index (χ3v) is 3.43. The van der Waals surface area contributed by atoms with Crippen molar-refractivity contribution in [2.45, 2.75) is 19.9 Å². The van der Waals surface area contributed by atoms with E-state index in [0.717, 1.165) is 22.1 Å². The fourth-order valence-electron chi connectivity index (χ4n) is 2.20. The second-order valence-electron chi connectivity index (χ2n) is 4.88. The van der Waals surface area contributed by atoms with Crippen LogP contribution in [0.4, 0.5) is 0 Å². The Hall–Kier alpha value is -2.07. The van der Waals surface area contributed by atoms with E-state index in [0.29, 0.717) is 6.61 Å². The van der Waals surface area contributed by atoms with Crippen LogP contribution in [0.15, 0.2) is 36.4 Å². The number of carbonyl (C=O) groups is 1. The lowest BCUT2D eigenvalue weighted by molar-refractivity contribution is -0.142. The van der Waals surface area contributed by atoms with Crippen molar-refractivity contribution < 1.29 is 14.3 Å². The minimum Gasteiger partial charge on any atom is -0.497 e. The molecule has 112 valence electrons. The molecule has 1 unspecified atom stereocenters. The zero-order chi connectivity index (χ0) is 15.2. The van der Waals surface area contributed by atoms with Crippen LogP contribution in [0.3, 0.4) is 0 Å². The molecular weight excluding hydrogens is 266 g/mol. The van der Waals surface area contributed by atoms with Gasteiger partial charge in [0.25, 0.3) is 0 Å². The number of methoxy groups -OCH3 is 1. The minimum absolute atomic E-state index is 0.0842. The molecule has 0 saturated carbocycles. The topological polar surface area (TPSA) is 47.6 Å². The molecular formula is C17H21NO3. The molecule has 0 radical (unpaired) electrons. The van der Waals surface area contributed by atoms with Crippen LogP contribution in [0.1, 0.15) is 25.5 Å². The van der Waals surface area contributed by atoms with Gasteiger partial charge in [-0.15, -0.1) is 0 Å². The summed E-state index contributed by atoms with van der Waals surface area (Å²) in [5.41, 5.74) is 1.14. The van der Waals surface area contributed by atoms with Gasteiger partial charge in [-0.25, -0.2) is 0 Å². The lowest BCUT2D eigenvalue weighted by atomic mass is 10.0. The maximum atomic E-state index is 11.4. The van der Waals surface area contributed by atoms with E-state index in [1.807, 2.05) is 25.1 Å². The Labute approximate surface area is 125 Å². The number of esters is 1. The number of hydrogen-bond donors (Lipinski definition) is 1. The third kappa shape index (κ3) is 3.95. The lowest BCUT2D eigenvalue weighted by Gasteiger charge is -2.14. The van der Waals surface area contributed by atoms with Crippen LogP contribution in [0.2, 0.25) is 0 Å².